The number of ether oxygens (including phenoxy) is 1. The largest absolute Gasteiger partial charge is 0.491 e. The van der Waals surface area contributed by atoms with Gasteiger partial charge in [0.1, 0.15) is 17.9 Å². The highest BCUT2D eigenvalue weighted by atomic mass is 16.5. The van der Waals surface area contributed by atoms with E-state index in [1.807, 2.05) is 0 Å². The standard InChI is InChI=1S/C13H21N3O2/c1-8(2)6-9(14)7-18-11-5-3-4-10(15)12(11)13(16)17/h3-5,8-9H,6-7,14-15H2,1-2H3,(H2,16,17)/t9-/m0/s1. The number of nitrogen functional groups attached to an aromatic ring is 1. The van der Waals surface area contributed by atoms with Crippen LogP contribution in [0.25, 0.3) is 0 Å². The Bertz CT molecular complexity index is 419. The van der Waals surface area contributed by atoms with E-state index in [0.717, 1.165) is 6.42 Å². The van der Waals surface area contributed by atoms with Crippen LogP contribution in [0.2, 0.25) is 0 Å². The Balaban J connectivity index is 2.73. The minimum absolute atomic E-state index is 0.0767. The number of carbonyl (C=O) groups excluding carboxylic acids is 1. The average molecular weight is 251 g/mol. The van der Waals surface area contributed by atoms with Crippen molar-refractivity contribution >= 4 is 11.6 Å². The summed E-state index contributed by atoms with van der Waals surface area (Å²) in [6.07, 6.45) is 0.855. The second kappa shape index (κ2) is 6.26. The number of hydrogen-bond donors (Lipinski definition) is 3. The van der Waals surface area contributed by atoms with Gasteiger partial charge in [0.25, 0.3) is 5.91 Å². The molecular weight excluding hydrogens is 230 g/mol. The van der Waals surface area contributed by atoms with E-state index in [9.17, 15) is 4.79 Å². The second-order valence-corrected chi connectivity index (χ2v) is 4.79. The van der Waals surface area contributed by atoms with Crippen molar-refractivity contribution in [2.24, 2.45) is 17.4 Å². The van der Waals surface area contributed by atoms with Crippen molar-refractivity contribution in [3.63, 3.8) is 0 Å². The highest BCUT2D eigenvalue weighted by Crippen LogP contribution is 2.24. The minimum atomic E-state index is -0.597. The van der Waals surface area contributed by atoms with E-state index in [1.54, 1.807) is 18.2 Å². The summed E-state index contributed by atoms with van der Waals surface area (Å²) >= 11 is 0. The summed E-state index contributed by atoms with van der Waals surface area (Å²) in [4.78, 5) is 11.3. The Labute approximate surface area is 107 Å². The van der Waals surface area contributed by atoms with Gasteiger partial charge in [-0.15, -0.1) is 0 Å². The summed E-state index contributed by atoms with van der Waals surface area (Å²) in [5.41, 5.74) is 17.4. The van der Waals surface area contributed by atoms with E-state index < -0.39 is 5.91 Å². The van der Waals surface area contributed by atoms with Crippen LogP contribution in [-0.2, 0) is 0 Å². The number of benzene rings is 1. The van der Waals surface area contributed by atoms with Crippen LogP contribution in [0.5, 0.6) is 5.75 Å². The molecule has 1 aromatic carbocycles. The molecule has 5 heteroatoms. The van der Waals surface area contributed by atoms with Gasteiger partial charge in [-0.05, 0) is 24.5 Å². The molecule has 6 N–H and O–H groups in total. The van der Waals surface area contributed by atoms with E-state index in [1.165, 1.54) is 0 Å². The van der Waals surface area contributed by atoms with Crippen molar-refractivity contribution in [1.82, 2.24) is 0 Å². The van der Waals surface area contributed by atoms with Gasteiger partial charge in [0.2, 0.25) is 0 Å². The summed E-state index contributed by atoms with van der Waals surface area (Å²) in [7, 11) is 0. The molecule has 18 heavy (non-hydrogen) atoms. The summed E-state index contributed by atoms with van der Waals surface area (Å²) in [5.74, 6) is 0.294. The quantitative estimate of drug-likeness (QED) is 0.659. The normalized spacial score (nSPS) is 12.4. The molecule has 0 saturated carbocycles. The lowest BCUT2D eigenvalue weighted by Crippen LogP contribution is -2.30. The van der Waals surface area contributed by atoms with Gasteiger partial charge in [0.15, 0.2) is 0 Å². The Morgan fingerprint density at radius 3 is 2.61 bits per heavy atom. The third-order valence-electron chi connectivity index (χ3n) is 2.53. The van der Waals surface area contributed by atoms with E-state index in [4.69, 9.17) is 21.9 Å². The zero-order valence-corrected chi connectivity index (χ0v) is 10.8. The van der Waals surface area contributed by atoms with Gasteiger partial charge in [0, 0.05) is 11.7 Å². The van der Waals surface area contributed by atoms with Crippen molar-refractivity contribution in [1.29, 1.82) is 0 Å². The van der Waals surface area contributed by atoms with Crippen LogP contribution in [0.4, 0.5) is 5.69 Å². The van der Waals surface area contributed by atoms with Crippen LogP contribution in [0.3, 0.4) is 0 Å². The molecule has 0 aliphatic rings. The first-order valence-corrected chi connectivity index (χ1v) is 5.98. The van der Waals surface area contributed by atoms with E-state index >= 15 is 0 Å². The molecule has 0 fully saturated rings. The molecule has 1 amide bonds. The van der Waals surface area contributed by atoms with Gasteiger partial charge >= 0.3 is 0 Å². The van der Waals surface area contributed by atoms with Gasteiger partial charge in [-0.1, -0.05) is 19.9 Å². The summed E-state index contributed by atoms with van der Waals surface area (Å²) in [5, 5.41) is 0. The van der Waals surface area contributed by atoms with E-state index in [2.05, 4.69) is 13.8 Å². The Morgan fingerprint density at radius 1 is 1.39 bits per heavy atom. The summed E-state index contributed by atoms with van der Waals surface area (Å²) in [6.45, 7) is 4.52. The number of hydrogen-bond acceptors (Lipinski definition) is 4. The maximum Gasteiger partial charge on any atom is 0.254 e. The smallest absolute Gasteiger partial charge is 0.254 e. The molecule has 0 bridgehead atoms. The third-order valence-corrected chi connectivity index (χ3v) is 2.53. The number of primary amides is 1. The second-order valence-electron chi connectivity index (χ2n) is 4.79. The number of carbonyl (C=O) groups is 1. The SMILES string of the molecule is CC(C)C[C@H](N)COc1cccc(N)c1C(N)=O. The monoisotopic (exact) mass is 251 g/mol. The van der Waals surface area contributed by atoms with Crippen molar-refractivity contribution < 1.29 is 9.53 Å². The minimum Gasteiger partial charge on any atom is -0.491 e. The maximum atomic E-state index is 11.3. The van der Waals surface area contributed by atoms with Crippen LogP contribution in [0.15, 0.2) is 18.2 Å². The number of rotatable bonds is 6. The van der Waals surface area contributed by atoms with E-state index in [0.29, 0.717) is 24.0 Å². The molecule has 0 spiro atoms. The molecule has 0 aliphatic heterocycles. The molecule has 0 heterocycles. The van der Waals surface area contributed by atoms with Crippen LogP contribution >= 0.6 is 0 Å². The maximum absolute atomic E-state index is 11.3. The Hall–Kier alpha value is -1.75. The zero-order chi connectivity index (χ0) is 13.7. The van der Waals surface area contributed by atoms with Crippen LogP contribution in [-0.4, -0.2) is 18.6 Å². The first-order valence-electron chi connectivity index (χ1n) is 5.98. The molecule has 5 nitrogen and oxygen atoms in total. The zero-order valence-electron chi connectivity index (χ0n) is 10.8. The van der Waals surface area contributed by atoms with Gasteiger partial charge in [0.05, 0.1) is 0 Å². The molecule has 100 valence electrons. The van der Waals surface area contributed by atoms with Gasteiger partial charge < -0.3 is 21.9 Å². The van der Waals surface area contributed by atoms with Gasteiger partial charge in [-0.2, -0.15) is 0 Å². The third kappa shape index (κ3) is 3.92. The van der Waals surface area contributed by atoms with Crippen LogP contribution in [0, 0.1) is 5.92 Å². The topological polar surface area (TPSA) is 104 Å². The van der Waals surface area contributed by atoms with Crippen LogP contribution in [0.1, 0.15) is 30.6 Å². The first-order chi connectivity index (χ1) is 8.41. The highest BCUT2D eigenvalue weighted by molar-refractivity contribution is 6.00. The molecule has 1 aromatic rings. The first kappa shape index (κ1) is 14.3. The van der Waals surface area contributed by atoms with Gasteiger partial charge in [-0.3, -0.25) is 4.79 Å². The van der Waals surface area contributed by atoms with Crippen molar-refractivity contribution in [3.8, 4) is 5.75 Å². The lowest BCUT2D eigenvalue weighted by Gasteiger charge is -2.16. The fraction of sp³-hybridized carbons (Fsp3) is 0.462. The fourth-order valence-corrected chi connectivity index (χ4v) is 1.80. The average Bonchev–Trinajstić information content (AvgIpc) is 2.24. The van der Waals surface area contributed by atoms with Gasteiger partial charge in [-0.25, -0.2) is 0 Å². The van der Waals surface area contributed by atoms with E-state index in [-0.39, 0.29) is 11.6 Å². The molecule has 0 aromatic heterocycles. The summed E-state index contributed by atoms with van der Waals surface area (Å²) in [6, 6.07) is 4.91. The lowest BCUT2D eigenvalue weighted by atomic mass is 10.1. The molecule has 0 radical (unpaired) electrons. The van der Waals surface area contributed by atoms with Crippen LogP contribution < -0.4 is 21.9 Å². The highest BCUT2D eigenvalue weighted by Gasteiger charge is 2.14. The molecule has 0 saturated heterocycles. The van der Waals surface area contributed by atoms with Crippen molar-refractivity contribution in [2.75, 3.05) is 12.3 Å². The predicted molar refractivity (Wildman–Crippen MR) is 72.3 cm³/mol. The Morgan fingerprint density at radius 2 is 2.06 bits per heavy atom. The summed E-state index contributed by atoms with van der Waals surface area (Å²) < 4.78 is 5.54. The van der Waals surface area contributed by atoms with Crippen molar-refractivity contribution in [3.05, 3.63) is 23.8 Å². The number of anilines is 1. The molecule has 1 atom stereocenters. The fourth-order valence-electron chi connectivity index (χ4n) is 1.80. The molecule has 1 rings (SSSR count). The predicted octanol–water partition coefficient (Wildman–Crippen LogP) is 1.12. The number of amides is 1. The number of nitrogens with two attached hydrogens (primary N) is 3. The lowest BCUT2D eigenvalue weighted by molar-refractivity contribution is 0.0996. The molecular formula is C13H21N3O2. The van der Waals surface area contributed by atoms with Crippen molar-refractivity contribution in [2.45, 2.75) is 26.3 Å². The Kier molecular flexibility index (Phi) is 4.97. The molecule has 0 aliphatic carbocycles. The molecule has 0 unspecified atom stereocenters.